The Kier molecular flexibility index (Phi) is 4.60. The standard InChI is InChI=1S/C22H22FNO3/c1-13-18-12-16(23)8-11-19(18)27-21(13)20(14-4-2-3-5-14)24-17-9-6-15(7-10-17)22(25)26/h6-12,14,20,24H,2-5H2,1H3,(H,25,26). The summed E-state index contributed by atoms with van der Waals surface area (Å²) in [4.78, 5) is 11.1. The van der Waals surface area contributed by atoms with Gasteiger partial charge < -0.3 is 14.8 Å². The Labute approximate surface area is 157 Å². The molecule has 1 fully saturated rings. The van der Waals surface area contributed by atoms with Crippen LogP contribution in [0.5, 0.6) is 0 Å². The van der Waals surface area contributed by atoms with Gasteiger partial charge in [-0.1, -0.05) is 12.8 Å². The fourth-order valence-electron chi connectivity index (χ4n) is 4.09. The van der Waals surface area contributed by atoms with Gasteiger partial charge >= 0.3 is 5.97 Å². The van der Waals surface area contributed by atoms with E-state index >= 15 is 0 Å². The highest BCUT2D eigenvalue weighted by atomic mass is 19.1. The van der Waals surface area contributed by atoms with Gasteiger partial charge in [-0.25, -0.2) is 9.18 Å². The zero-order valence-electron chi connectivity index (χ0n) is 15.2. The predicted octanol–water partition coefficient (Wildman–Crippen LogP) is 5.92. The molecule has 0 radical (unpaired) electrons. The third-order valence-corrected chi connectivity index (χ3v) is 5.54. The first-order valence-electron chi connectivity index (χ1n) is 9.31. The lowest BCUT2D eigenvalue weighted by Crippen LogP contribution is -2.19. The summed E-state index contributed by atoms with van der Waals surface area (Å²) >= 11 is 0. The minimum Gasteiger partial charge on any atom is -0.478 e. The first-order valence-corrected chi connectivity index (χ1v) is 9.31. The van der Waals surface area contributed by atoms with Crippen molar-refractivity contribution in [3.8, 4) is 0 Å². The van der Waals surface area contributed by atoms with Crippen LogP contribution in [0.25, 0.3) is 11.0 Å². The van der Waals surface area contributed by atoms with E-state index < -0.39 is 5.97 Å². The SMILES string of the molecule is Cc1c(C(Nc2ccc(C(=O)O)cc2)C2CCCC2)oc2ccc(F)cc12. The molecule has 1 saturated carbocycles. The summed E-state index contributed by atoms with van der Waals surface area (Å²) in [7, 11) is 0. The molecule has 140 valence electrons. The van der Waals surface area contributed by atoms with Crippen molar-refractivity contribution in [2.75, 3.05) is 5.32 Å². The molecule has 1 aliphatic carbocycles. The van der Waals surface area contributed by atoms with E-state index in [1.165, 1.54) is 25.0 Å². The predicted molar refractivity (Wildman–Crippen MR) is 103 cm³/mol. The van der Waals surface area contributed by atoms with Gasteiger partial charge in [-0.15, -0.1) is 0 Å². The summed E-state index contributed by atoms with van der Waals surface area (Å²) in [5, 5.41) is 13.4. The van der Waals surface area contributed by atoms with Crippen LogP contribution in [-0.4, -0.2) is 11.1 Å². The average molecular weight is 367 g/mol. The first-order chi connectivity index (χ1) is 13.0. The Morgan fingerprint density at radius 1 is 1.19 bits per heavy atom. The van der Waals surface area contributed by atoms with E-state index in [9.17, 15) is 9.18 Å². The molecule has 1 aliphatic rings. The van der Waals surface area contributed by atoms with Crippen molar-refractivity contribution in [3.63, 3.8) is 0 Å². The first kappa shape index (κ1) is 17.6. The monoisotopic (exact) mass is 367 g/mol. The van der Waals surface area contributed by atoms with Crippen LogP contribution in [0.3, 0.4) is 0 Å². The van der Waals surface area contributed by atoms with Crippen LogP contribution in [0.4, 0.5) is 10.1 Å². The number of aromatic carboxylic acids is 1. The van der Waals surface area contributed by atoms with E-state index in [4.69, 9.17) is 9.52 Å². The number of hydrogen-bond donors (Lipinski definition) is 2. The van der Waals surface area contributed by atoms with Gasteiger partial charge in [0.2, 0.25) is 0 Å². The molecule has 5 heteroatoms. The van der Waals surface area contributed by atoms with Crippen molar-refractivity contribution in [3.05, 3.63) is 65.2 Å². The number of nitrogens with one attached hydrogen (secondary N) is 1. The summed E-state index contributed by atoms with van der Waals surface area (Å²) in [5.41, 5.74) is 2.75. The number of furan rings is 1. The van der Waals surface area contributed by atoms with Crippen LogP contribution in [0.15, 0.2) is 46.9 Å². The molecule has 1 unspecified atom stereocenters. The Morgan fingerprint density at radius 2 is 1.89 bits per heavy atom. The van der Waals surface area contributed by atoms with Crippen molar-refractivity contribution < 1.29 is 18.7 Å². The Hall–Kier alpha value is -2.82. The molecule has 1 atom stereocenters. The van der Waals surface area contributed by atoms with Crippen molar-refractivity contribution in [2.45, 2.75) is 38.6 Å². The molecule has 27 heavy (non-hydrogen) atoms. The molecule has 0 saturated heterocycles. The van der Waals surface area contributed by atoms with Gasteiger partial charge in [0.15, 0.2) is 0 Å². The summed E-state index contributed by atoms with van der Waals surface area (Å²) in [6, 6.07) is 11.3. The molecule has 0 spiro atoms. The largest absolute Gasteiger partial charge is 0.478 e. The van der Waals surface area contributed by atoms with Crippen molar-refractivity contribution in [1.82, 2.24) is 0 Å². The molecule has 0 aliphatic heterocycles. The highest BCUT2D eigenvalue weighted by Gasteiger charge is 2.31. The zero-order valence-corrected chi connectivity index (χ0v) is 15.2. The van der Waals surface area contributed by atoms with Crippen LogP contribution in [0.2, 0.25) is 0 Å². The Bertz CT molecular complexity index is 971. The lowest BCUT2D eigenvalue weighted by Gasteiger charge is -2.25. The second kappa shape index (κ2) is 7.06. The van der Waals surface area contributed by atoms with Gasteiger partial charge in [0.1, 0.15) is 17.2 Å². The van der Waals surface area contributed by atoms with E-state index in [1.54, 1.807) is 30.3 Å². The van der Waals surface area contributed by atoms with E-state index in [2.05, 4.69) is 5.32 Å². The number of benzene rings is 2. The molecule has 2 N–H and O–H groups in total. The molecule has 2 aromatic carbocycles. The zero-order chi connectivity index (χ0) is 19.0. The summed E-state index contributed by atoms with van der Waals surface area (Å²) in [5.74, 6) is 0.0507. The Morgan fingerprint density at radius 3 is 2.56 bits per heavy atom. The smallest absolute Gasteiger partial charge is 0.335 e. The third kappa shape index (κ3) is 3.42. The van der Waals surface area contributed by atoms with Crippen molar-refractivity contribution in [1.29, 1.82) is 0 Å². The van der Waals surface area contributed by atoms with E-state index in [1.807, 2.05) is 6.92 Å². The number of fused-ring (bicyclic) bond motifs is 1. The molecular weight excluding hydrogens is 345 g/mol. The van der Waals surface area contributed by atoms with E-state index in [-0.39, 0.29) is 17.4 Å². The fraction of sp³-hybridized carbons (Fsp3) is 0.318. The van der Waals surface area contributed by atoms with E-state index in [0.29, 0.717) is 11.5 Å². The highest BCUT2D eigenvalue weighted by molar-refractivity contribution is 5.88. The molecule has 4 nitrogen and oxygen atoms in total. The second-order valence-electron chi connectivity index (χ2n) is 7.28. The maximum atomic E-state index is 13.7. The molecule has 1 aromatic heterocycles. The van der Waals surface area contributed by atoms with Crippen LogP contribution in [0.1, 0.15) is 53.4 Å². The van der Waals surface area contributed by atoms with Gasteiger partial charge in [-0.3, -0.25) is 0 Å². The minimum absolute atomic E-state index is 0.0290. The van der Waals surface area contributed by atoms with Crippen LogP contribution in [0, 0.1) is 18.7 Å². The van der Waals surface area contributed by atoms with Gasteiger partial charge in [-0.2, -0.15) is 0 Å². The maximum absolute atomic E-state index is 13.7. The van der Waals surface area contributed by atoms with E-state index in [0.717, 1.165) is 35.2 Å². The second-order valence-corrected chi connectivity index (χ2v) is 7.28. The van der Waals surface area contributed by atoms with Crippen molar-refractivity contribution in [2.24, 2.45) is 5.92 Å². The number of anilines is 1. The molecule has 1 heterocycles. The number of halogens is 1. The minimum atomic E-state index is -0.941. The quantitative estimate of drug-likeness (QED) is 0.587. The van der Waals surface area contributed by atoms with Crippen LogP contribution >= 0.6 is 0 Å². The van der Waals surface area contributed by atoms with Crippen LogP contribution < -0.4 is 5.32 Å². The summed E-state index contributed by atoms with van der Waals surface area (Å²) in [6.45, 7) is 1.97. The topological polar surface area (TPSA) is 62.5 Å². The van der Waals surface area contributed by atoms with Crippen molar-refractivity contribution >= 4 is 22.6 Å². The average Bonchev–Trinajstić information content (AvgIpc) is 3.29. The number of carboxylic acids is 1. The molecular formula is C22H22FNO3. The normalized spacial score (nSPS) is 15.9. The molecule has 0 bridgehead atoms. The fourth-order valence-corrected chi connectivity index (χ4v) is 4.09. The number of hydrogen-bond acceptors (Lipinski definition) is 3. The molecule has 3 aromatic rings. The molecule has 0 amide bonds. The van der Waals surface area contributed by atoms with Gasteiger partial charge in [0.05, 0.1) is 11.6 Å². The van der Waals surface area contributed by atoms with Gasteiger partial charge in [0, 0.05) is 16.6 Å². The Balaban J connectivity index is 1.71. The number of aryl methyl sites for hydroxylation is 1. The number of carbonyl (C=O) groups is 1. The third-order valence-electron chi connectivity index (χ3n) is 5.54. The summed E-state index contributed by atoms with van der Waals surface area (Å²) in [6.07, 6.45) is 4.59. The lowest BCUT2D eigenvalue weighted by atomic mass is 9.93. The van der Waals surface area contributed by atoms with Gasteiger partial charge in [-0.05, 0) is 68.1 Å². The maximum Gasteiger partial charge on any atom is 0.335 e. The van der Waals surface area contributed by atoms with Gasteiger partial charge in [0.25, 0.3) is 0 Å². The number of carboxylic acid groups (broad SMARTS) is 1. The number of rotatable bonds is 5. The highest BCUT2D eigenvalue weighted by Crippen LogP contribution is 2.41. The lowest BCUT2D eigenvalue weighted by molar-refractivity contribution is 0.0697. The molecule has 4 rings (SSSR count). The van der Waals surface area contributed by atoms with Crippen LogP contribution in [-0.2, 0) is 0 Å². The summed E-state index contributed by atoms with van der Waals surface area (Å²) < 4.78 is 19.8.